The van der Waals surface area contributed by atoms with E-state index in [1.165, 1.54) is 0 Å². The Morgan fingerprint density at radius 2 is 1.74 bits per heavy atom. The van der Waals surface area contributed by atoms with E-state index in [-0.39, 0.29) is 36.3 Å². The van der Waals surface area contributed by atoms with Crippen molar-refractivity contribution in [3.63, 3.8) is 0 Å². The molecule has 4 heterocycles. The smallest absolute Gasteiger partial charge is 0.378 e. The number of nitrogens with one attached hydrogen (secondary N) is 2. The van der Waals surface area contributed by atoms with E-state index in [1.807, 2.05) is 0 Å². The molecule has 2 N–H and O–H groups in total. The van der Waals surface area contributed by atoms with Crippen molar-refractivity contribution < 1.29 is 35.9 Å². The van der Waals surface area contributed by atoms with Crippen molar-refractivity contribution in [1.29, 1.82) is 0 Å². The van der Waals surface area contributed by atoms with E-state index >= 15 is 0 Å². The molecule has 1 saturated carbocycles. The van der Waals surface area contributed by atoms with Gasteiger partial charge in [0.1, 0.15) is 11.7 Å². The molecule has 2 saturated heterocycles. The van der Waals surface area contributed by atoms with Crippen LogP contribution in [0.2, 0.25) is 0 Å². The second-order valence-corrected chi connectivity index (χ2v) is 9.67. The fourth-order valence-electron chi connectivity index (χ4n) is 5.23. The number of nitrogens with zero attached hydrogens (tertiary/aromatic N) is 5. The number of ether oxygens (including phenoxy) is 1. The maximum Gasteiger partial charge on any atom is 0.423 e. The molecular weight excluding hydrogens is 524 g/mol. The van der Waals surface area contributed by atoms with E-state index in [0.29, 0.717) is 26.1 Å². The summed E-state index contributed by atoms with van der Waals surface area (Å²) in [6.07, 6.45) is -7.33. The summed E-state index contributed by atoms with van der Waals surface area (Å²) in [7, 11) is 0. The molecule has 1 aliphatic carbocycles. The van der Waals surface area contributed by atoms with Crippen LogP contribution in [0.25, 0.3) is 0 Å². The van der Waals surface area contributed by atoms with Crippen LogP contribution in [0.15, 0.2) is 23.4 Å². The first-order chi connectivity index (χ1) is 17.8. The number of halogens is 6. The van der Waals surface area contributed by atoms with Gasteiger partial charge in [-0.05, 0) is 6.92 Å². The largest absolute Gasteiger partial charge is 0.423 e. The predicted octanol–water partition coefficient (Wildman–Crippen LogP) is 2.15. The van der Waals surface area contributed by atoms with Crippen LogP contribution >= 0.6 is 0 Å². The number of rotatable bonds is 7. The fourth-order valence-corrected chi connectivity index (χ4v) is 5.23. The number of piperidine rings is 1. The van der Waals surface area contributed by atoms with E-state index in [1.54, 1.807) is 21.8 Å². The monoisotopic (exact) mass is 547 g/mol. The Morgan fingerprint density at radius 3 is 2.34 bits per heavy atom. The Morgan fingerprint density at radius 1 is 1.08 bits per heavy atom. The molecule has 1 amide bonds. The highest BCUT2D eigenvalue weighted by Gasteiger charge is 2.61. The summed E-state index contributed by atoms with van der Waals surface area (Å²) in [5.41, 5.74) is -4.16. The first-order valence-electron chi connectivity index (χ1n) is 11.8. The molecule has 5 atom stereocenters. The molecule has 0 spiro atoms. The van der Waals surface area contributed by atoms with Crippen molar-refractivity contribution >= 4 is 17.5 Å². The molecule has 3 fully saturated rings. The van der Waals surface area contributed by atoms with Gasteiger partial charge in [0.15, 0.2) is 0 Å². The summed E-state index contributed by atoms with van der Waals surface area (Å²) >= 11 is 0. The van der Waals surface area contributed by atoms with Crippen LogP contribution in [0.1, 0.15) is 24.5 Å². The lowest BCUT2D eigenvalue weighted by molar-refractivity contribution is -0.139. The number of hydrogen-bond donors (Lipinski definition) is 2. The minimum atomic E-state index is -4.88. The number of aromatic nitrogens is 4. The molecule has 3 aliphatic rings. The van der Waals surface area contributed by atoms with Gasteiger partial charge >= 0.3 is 12.4 Å². The number of likely N-dealkylation sites (tertiary alicyclic amines) is 1. The van der Waals surface area contributed by atoms with Crippen LogP contribution in [0.3, 0.4) is 0 Å². The number of carbonyl (C=O) groups is 1. The van der Waals surface area contributed by atoms with Crippen molar-refractivity contribution in [2.45, 2.75) is 43.9 Å². The minimum absolute atomic E-state index is 0.00573. The quantitative estimate of drug-likeness (QED) is 0.507. The number of hydrogen-bond acceptors (Lipinski definition) is 8. The van der Waals surface area contributed by atoms with Crippen LogP contribution in [-0.4, -0.2) is 75.4 Å². The average molecular weight is 547 g/mol. The van der Waals surface area contributed by atoms with Gasteiger partial charge in [-0.1, -0.05) is 0 Å². The Kier molecular flexibility index (Phi) is 6.47. The van der Waals surface area contributed by atoms with Crippen molar-refractivity contribution in [2.75, 3.05) is 36.5 Å². The zero-order chi connectivity index (χ0) is 27.4. The van der Waals surface area contributed by atoms with Crippen molar-refractivity contribution in [1.82, 2.24) is 25.1 Å². The summed E-state index contributed by atoms with van der Waals surface area (Å²) in [6, 6.07) is -0.659. The number of alkyl halides is 6. The van der Waals surface area contributed by atoms with Gasteiger partial charge in [0.25, 0.3) is 11.5 Å². The molecule has 2 aromatic heterocycles. The number of fused-ring (bicyclic) bond motifs is 1. The number of H-pyrrole nitrogens is 1. The topological polar surface area (TPSA) is 116 Å². The lowest BCUT2D eigenvalue weighted by Crippen LogP contribution is -2.39. The van der Waals surface area contributed by atoms with E-state index in [0.717, 1.165) is 18.6 Å². The normalized spacial score (nSPS) is 26.0. The third-order valence-corrected chi connectivity index (χ3v) is 7.04. The maximum absolute atomic E-state index is 13.2. The molecular formula is C22H23F6N7O3. The Labute approximate surface area is 211 Å². The van der Waals surface area contributed by atoms with Gasteiger partial charge in [0.2, 0.25) is 5.95 Å². The Bertz CT molecular complexity index is 1240. The summed E-state index contributed by atoms with van der Waals surface area (Å²) in [4.78, 5) is 35.7. The van der Waals surface area contributed by atoms with E-state index in [2.05, 4.69) is 20.4 Å². The molecule has 2 aliphatic heterocycles. The molecule has 0 radical (unpaired) electrons. The van der Waals surface area contributed by atoms with Crippen LogP contribution in [0.5, 0.6) is 0 Å². The van der Waals surface area contributed by atoms with Gasteiger partial charge in [-0.25, -0.2) is 15.1 Å². The number of amides is 1. The highest BCUT2D eigenvalue weighted by molar-refractivity contribution is 5.84. The number of anilines is 2. The lowest BCUT2D eigenvalue weighted by Gasteiger charge is -2.24. The summed E-state index contributed by atoms with van der Waals surface area (Å²) in [6.45, 7) is 2.98. The second-order valence-electron chi connectivity index (χ2n) is 9.67. The zero-order valence-electron chi connectivity index (χ0n) is 19.9. The van der Waals surface area contributed by atoms with Gasteiger partial charge in [0.05, 0.1) is 24.1 Å². The average Bonchev–Trinajstić information content (AvgIpc) is 3.13. The zero-order valence-corrected chi connectivity index (χ0v) is 19.9. The second kappa shape index (κ2) is 9.39. The van der Waals surface area contributed by atoms with Crippen molar-refractivity contribution in [3.8, 4) is 0 Å². The summed E-state index contributed by atoms with van der Waals surface area (Å²) in [5.74, 6) is 0.300. The molecule has 206 valence electrons. The molecule has 38 heavy (non-hydrogen) atoms. The highest BCUT2D eigenvalue weighted by atomic mass is 19.4. The first-order valence-corrected chi connectivity index (χ1v) is 11.8. The van der Waals surface area contributed by atoms with Gasteiger partial charge in [0, 0.05) is 62.4 Å². The van der Waals surface area contributed by atoms with Gasteiger partial charge in [-0.2, -0.15) is 31.4 Å². The Hall–Kier alpha value is -3.43. The van der Waals surface area contributed by atoms with Crippen LogP contribution < -0.4 is 15.8 Å². The van der Waals surface area contributed by atoms with Crippen molar-refractivity contribution in [2.24, 2.45) is 11.8 Å². The molecule has 10 nitrogen and oxygen atoms in total. The predicted molar refractivity (Wildman–Crippen MR) is 119 cm³/mol. The van der Waals surface area contributed by atoms with Gasteiger partial charge in [-0.15, -0.1) is 0 Å². The Balaban J connectivity index is 1.11. The summed E-state index contributed by atoms with van der Waals surface area (Å²) in [5, 5.41) is 7.74. The SMILES string of the molecule is C[C@@H](CO[C@@H]1CCN([C@@H]2[C@@H]3CN(c4ncc(C(F)(F)F)cn4)C[C@@H]32)C1=O)Nc1cn[nH]c(=O)c1C(F)(F)F. The fraction of sp³-hybridized carbons (Fsp3) is 0.591. The van der Waals surface area contributed by atoms with E-state index < -0.39 is 46.9 Å². The molecule has 0 aromatic carbocycles. The van der Waals surface area contributed by atoms with E-state index in [4.69, 9.17) is 4.74 Å². The molecule has 2 aromatic rings. The standard InChI is InChI=1S/C22H23F6N7O3/c1-10(32-14-6-31-33-18(36)16(14)22(26,27)28)9-38-15-2-3-35(19(15)37)17-12-7-34(8-13(12)17)20-29-4-11(5-30-20)21(23,24)25/h4-6,10,12-13,15,17H,2-3,7-9H2,1H3,(H2,32,33,36)/t10-,12-,13+,15+,17-/m0/s1. The van der Waals surface area contributed by atoms with Gasteiger partial charge < -0.3 is 19.9 Å². The molecule has 0 bridgehead atoms. The van der Waals surface area contributed by atoms with Crippen LogP contribution in [0.4, 0.5) is 38.0 Å². The maximum atomic E-state index is 13.2. The lowest BCUT2D eigenvalue weighted by atomic mass is 10.2. The van der Waals surface area contributed by atoms with Gasteiger partial charge in [-0.3, -0.25) is 9.59 Å². The molecule has 0 unspecified atom stereocenters. The van der Waals surface area contributed by atoms with E-state index in [9.17, 15) is 35.9 Å². The van der Waals surface area contributed by atoms with Crippen LogP contribution in [-0.2, 0) is 21.9 Å². The van der Waals surface area contributed by atoms with Crippen molar-refractivity contribution in [3.05, 3.63) is 40.1 Å². The third-order valence-electron chi connectivity index (χ3n) is 7.04. The number of carbonyl (C=O) groups excluding carboxylic acids is 1. The third kappa shape index (κ3) is 5.00. The molecule has 16 heteroatoms. The minimum Gasteiger partial charge on any atom is -0.378 e. The highest BCUT2D eigenvalue weighted by Crippen LogP contribution is 2.50. The summed E-state index contributed by atoms with van der Waals surface area (Å²) < 4.78 is 83.6. The number of aromatic amines is 1. The van der Waals surface area contributed by atoms with Crippen LogP contribution in [0, 0.1) is 11.8 Å². The first kappa shape index (κ1) is 26.2. The molecule has 5 rings (SSSR count).